The predicted molar refractivity (Wildman–Crippen MR) is 87.1 cm³/mol. The molecule has 1 aromatic rings. The summed E-state index contributed by atoms with van der Waals surface area (Å²) in [4.78, 5) is 19.9. The number of piperidine rings is 1. The van der Waals surface area contributed by atoms with Gasteiger partial charge in [-0.05, 0) is 32.3 Å². The fraction of sp³-hybridized carbons (Fsp3) is 0.562. The molecule has 6 heteroatoms. The molecule has 5 nitrogen and oxygen atoms in total. The summed E-state index contributed by atoms with van der Waals surface area (Å²) in [6.07, 6.45) is 1.76. The Hall–Kier alpha value is -1.80. The number of hydrogen-bond donors (Lipinski definition) is 0. The second-order valence-electron chi connectivity index (χ2n) is 5.79. The van der Waals surface area contributed by atoms with Gasteiger partial charge in [0.1, 0.15) is 11.9 Å². The lowest BCUT2D eigenvalue weighted by molar-refractivity contribution is -0.129. The third-order valence-corrected chi connectivity index (χ3v) is 5.00. The topological polar surface area (TPSA) is 60.2 Å². The Labute approximate surface area is 136 Å². The molecule has 1 amide bonds. The van der Waals surface area contributed by atoms with Gasteiger partial charge in [0.25, 0.3) is 0 Å². The minimum absolute atomic E-state index is 0.0903. The molecule has 0 unspecified atom stereocenters. The monoisotopic (exact) mass is 320 g/mol. The van der Waals surface area contributed by atoms with Crippen molar-refractivity contribution >= 4 is 23.3 Å². The Morgan fingerprint density at radius 2 is 2.00 bits per heavy atom. The zero-order chi connectivity index (χ0) is 16.4. The van der Waals surface area contributed by atoms with E-state index in [1.54, 1.807) is 11.8 Å². The smallest absolute Gasteiger partial charge is 0.219 e. The molecule has 0 atom stereocenters. The van der Waals surface area contributed by atoms with Gasteiger partial charge >= 0.3 is 0 Å². The van der Waals surface area contributed by atoms with E-state index in [2.05, 4.69) is 16.0 Å². The Morgan fingerprint density at radius 1 is 1.41 bits per heavy atom. The molecular weight excluding hydrogens is 300 g/mol. The maximum atomic E-state index is 11.5. The predicted octanol–water partition coefficient (Wildman–Crippen LogP) is 2.67. The van der Waals surface area contributed by atoms with Gasteiger partial charge in [-0.2, -0.15) is 5.26 Å². The summed E-state index contributed by atoms with van der Waals surface area (Å²) < 4.78 is 0. The molecule has 0 aliphatic carbocycles. The number of aryl methyl sites for hydroxylation is 1. The van der Waals surface area contributed by atoms with Crippen molar-refractivity contribution in [2.45, 2.75) is 39.7 Å². The molecular formula is C16H21ClN4O. The van der Waals surface area contributed by atoms with Crippen LogP contribution in [-0.4, -0.2) is 42.0 Å². The molecule has 0 radical (unpaired) electrons. The second-order valence-corrected chi connectivity index (χ2v) is 6.17. The zero-order valence-electron chi connectivity index (χ0n) is 13.5. The Kier molecular flexibility index (Phi) is 4.92. The molecule has 0 bridgehead atoms. The van der Waals surface area contributed by atoms with Gasteiger partial charge in [-0.1, -0.05) is 11.6 Å². The first-order valence-corrected chi connectivity index (χ1v) is 7.79. The van der Waals surface area contributed by atoms with E-state index in [0.717, 1.165) is 37.2 Å². The van der Waals surface area contributed by atoms with Crippen LogP contribution >= 0.6 is 11.6 Å². The highest BCUT2D eigenvalue weighted by atomic mass is 35.5. The van der Waals surface area contributed by atoms with Crippen LogP contribution in [0.15, 0.2) is 0 Å². The molecule has 2 rings (SSSR count). The first-order chi connectivity index (χ1) is 10.4. The largest absolute Gasteiger partial charge is 0.355 e. The van der Waals surface area contributed by atoms with Gasteiger partial charge in [-0.3, -0.25) is 4.79 Å². The molecule has 1 aliphatic rings. The van der Waals surface area contributed by atoms with Gasteiger partial charge < -0.3 is 9.80 Å². The van der Waals surface area contributed by atoms with E-state index < -0.39 is 0 Å². The third kappa shape index (κ3) is 3.02. The fourth-order valence-electron chi connectivity index (χ4n) is 2.90. The lowest BCUT2D eigenvalue weighted by Gasteiger charge is -2.37. The van der Waals surface area contributed by atoms with Gasteiger partial charge in [-0.25, -0.2) is 4.98 Å². The van der Waals surface area contributed by atoms with Crippen LogP contribution in [0.25, 0.3) is 0 Å². The number of carbonyl (C=O) groups is 1. The van der Waals surface area contributed by atoms with Crippen LogP contribution < -0.4 is 4.90 Å². The SMILES string of the molecule is CC(=O)N(C)C1CCN(c2nc(C)c(Cl)c(C)c2C#N)CC1. The Bertz CT molecular complexity index is 630. The van der Waals surface area contributed by atoms with Crippen molar-refractivity contribution in [3.63, 3.8) is 0 Å². The minimum atomic E-state index is 0.0903. The number of pyridine rings is 1. The Morgan fingerprint density at radius 3 is 2.50 bits per heavy atom. The molecule has 2 heterocycles. The molecule has 0 saturated carbocycles. The normalized spacial score (nSPS) is 15.5. The van der Waals surface area contributed by atoms with Crippen molar-refractivity contribution in [2.24, 2.45) is 0 Å². The van der Waals surface area contributed by atoms with Crippen LogP contribution in [0, 0.1) is 25.2 Å². The van der Waals surface area contributed by atoms with Crippen molar-refractivity contribution in [3.05, 3.63) is 21.8 Å². The fourth-order valence-corrected chi connectivity index (χ4v) is 3.03. The van der Waals surface area contributed by atoms with Crippen LogP contribution in [0.3, 0.4) is 0 Å². The maximum Gasteiger partial charge on any atom is 0.219 e. The van der Waals surface area contributed by atoms with Crippen LogP contribution in [0.2, 0.25) is 5.02 Å². The third-order valence-electron chi connectivity index (χ3n) is 4.44. The molecule has 1 fully saturated rings. The summed E-state index contributed by atoms with van der Waals surface area (Å²) in [6.45, 7) is 6.87. The van der Waals surface area contributed by atoms with Crippen LogP contribution in [-0.2, 0) is 4.79 Å². The summed E-state index contributed by atoms with van der Waals surface area (Å²) in [7, 11) is 1.85. The van der Waals surface area contributed by atoms with Crippen LogP contribution in [0.4, 0.5) is 5.82 Å². The zero-order valence-corrected chi connectivity index (χ0v) is 14.2. The number of rotatable bonds is 2. The van der Waals surface area contributed by atoms with Crippen LogP contribution in [0.5, 0.6) is 0 Å². The molecule has 1 saturated heterocycles. The number of nitrogens with zero attached hydrogens (tertiary/aromatic N) is 4. The standard InChI is InChI=1S/C16H21ClN4O/c1-10-14(9-18)16(19-11(2)15(10)17)21-7-5-13(6-8-21)20(4)12(3)22/h13H,5-8H2,1-4H3. The van der Waals surface area contributed by atoms with Crippen LogP contribution in [0.1, 0.15) is 36.6 Å². The maximum absolute atomic E-state index is 11.5. The highest BCUT2D eigenvalue weighted by Gasteiger charge is 2.27. The summed E-state index contributed by atoms with van der Waals surface area (Å²) in [5, 5.41) is 9.99. The number of aromatic nitrogens is 1. The minimum Gasteiger partial charge on any atom is -0.355 e. The molecule has 22 heavy (non-hydrogen) atoms. The van der Waals surface area contributed by atoms with Gasteiger partial charge in [0, 0.05) is 33.1 Å². The average molecular weight is 321 g/mol. The van der Waals surface area contributed by atoms with Crippen molar-refractivity contribution in [1.82, 2.24) is 9.88 Å². The van der Waals surface area contributed by atoms with E-state index in [1.807, 2.05) is 20.9 Å². The molecule has 118 valence electrons. The van der Waals surface area contributed by atoms with Crippen molar-refractivity contribution in [3.8, 4) is 6.07 Å². The summed E-state index contributed by atoms with van der Waals surface area (Å²) in [6, 6.07) is 2.49. The highest BCUT2D eigenvalue weighted by Crippen LogP contribution is 2.30. The van der Waals surface area contributed by atoms with E-state index >= 15 is 0 Å². The van der Waals surface area contributed by atoms with Gasteiger partial charge in [0.2, 0.25) is 5.91 Å². The first kappa shape index (κ1) is 16.6. The van der Waals surface area contributed by atoms with Crippen molar-refractivity contribution < 1.29 is 4.79 Å². The van der Waals surface area contributed by atoms with Crippen molar-refractivity contribution in [2.75, 3.05) is 25.0 Å². The lowest BCUT2D eigenvalue weighted by atomic mass is 10.0. The molecule has 0 aromatic carbocycles. The molecule has 1 aliphatic heterocycles. The number of halogens is 1. The van der Waals surface area contributed by atoms with Gasteiger partial charge in [0.15, 0.2) is 0 Å². The van der Waals surface area contributed by atoms with Gasteiger partial charge in [0.05, 0.1) is 16.3 Å². The first-order valence-electron chi connectivity index (χ1n) is 7.42. The lowest BCUT2D eigenvalue weighted by Crippen LogP contribution is -2.45. The average Bonchev–Trinajstić information content (AvgIpc) is 2.51. The second kappa shape index (κ2) is 6.53. The summed E-state index contributed by atoms with van der Waals surface area (Å²) in [5.41, 5.74) is 2.08. The number of nitriles is 1. The van der Waals surface area contributed by atoms with E-state index in [4.69, 9.17) is 11.6 Å². The molecule has 0 spiro atoms. The van der Waals surface area contributed by atoms with E-state index in [-0.39, 0.29) is 11.9 Å². The number of hydrogen-bond acceptors (Lipinski definition) is 4. The number of carbonyl (C=O) groups excluding carboxylic acids is 1. The highest BCUT2D eigenvalue weighted by molar-refractivity contribution is 6.32. The van der Waals surface area contributed by atoms with E-state index in [0.29, 0.717) is 16.4 Å². The van der Waals surface area contributed by atoms with Gasteiger partial charge in [-0.15, -0.1) is 0 Å². The van der Waals surface area contributed by atoms with E-state index in [9.17, 15) is 10.1 Å². The quantitative estimate of drug-likeness (QED) is 0.840. The Balaban J connectivity index is 2.22. The molecule has 0 N–H and O–H groups in total. The molecule has 1 aromatic heterocycles. The van der Waals surface area contributed by atoms with Crippen molar-refractivity contribution in [1.29, 1.82) is 5.26 Å². The number of anilines is 1. The summed E-state index contributed by atoms with van der Waals surface area (Å²) >= 11 is 6.20. The summed E-state index contributed by atoms with van der Waals surface area (Å²) in [5.74, 6) is 0.804. The number of amides is 1. The van der Waals surface area contributed by atoms with E-state index in [1.165, 1.54) is 0 Å².